The number of nitrogens with zero attached hydrogens (tertiary/aromatic N) is 1. The number of amides is 2. The predicted molar refractivity (Wildman–Crippen MR) is 81.4 cm³/mol. The van der Waals surface area contributed by atoms with Crippen molar-refractivity contribution in [3.63, 3.8) is 0 Å². The number of hydrogen-bond donors (Lipinski definition) is 3. The molecule has 0 aromatic rings. The minimum atomic E-state index is -0.424. The Balaban J connectivity index is 2.64. The van der Waals surface area contributed by atoms with Crippen molar-refractivity contribution in [1.82, 2.24) is 10.2 Å². The first-order chi connectivity index (χ1) is 9.72. The largest absolute Gasteiger partial charge is 0.396 e. The van der Waals surface area contributed by atoms with E-state index in [9.17, 15) is 9.59 Å². The normalized spacial score (nSPS) is 23.8. The number of hydrogen-bond acceptors (Lipinski definition) is 4. The van der Waals surface area contributed by atoms with E-state index in [1.807, 2.05) is 25.7 Å². The van der Waals surface area contributed by atoms with Crippen molar-refractivity contribution in [2.45, 2.75) is 46.1 Å². The van der Waals surface area contributed by atoms with Crippen molar-refractivity contribution >= 4 is 11.8 Å². The third kappa shape index (κ3) is 6.44. The maximum atomic E-state index is 12.1. The summed E-state index contributed by atoms with van der Waals surface area (Å²) >= 11 is 0. The molecule has 2 atom stereocenters. The third-order valence-electron chi connectivity index (χ3n) is 3.78. The summed E-state index contributed by atoms with van der Waals surface area (Å²) in [5, 5.41) is 12.0. The molecule has 4 N–H and O–H groups in total. The molecule has 0 saturated carbocycles. The molecule has 2 unspecified atom stereocenters. The van der Waals surface area contributed by atoms with Crippen molar-refractivity contribution < 1.29 is 14.7 Å². The van der Waals surface area contributed by atoms with Crippen LogP contribution in [0.5, 0.6) is 0 Å². The Morgan fingerprint density at radius 1 is 1.33 bits per heavy atom. The number of piperidine rings is 1. The molecule has 0 aromatic carbocycles. The molecule has 0 bridgehead atoms. The Morgan fingerprint density at radius 2 is 2.00 bits per heavy atom. The first-order valence-electron chi connectivity index (χ1n) is 7.65. The quantitative estimate of drug-likeness (QED) is 0.648. The van der Waals surface area contributed by atoms with Crippen LogP contribution in [0, 0.1) is 11.3 Å². The van der Waals surface area contributed by atoms with Gasteiger partial charge in [0.1, 0.15) is 0 Å². The highest BCUT2D eigenvalue weighted by Gasteiger charge is 2.31. The summed E-state index contributed by atoms with van der Waals surface area (Å²) < 4.78 is 0. The molecule has 0 spiro atoms. The van der Waals surface area contributed by atoms with E-state index < -0.39 is 5.41 Å². The monoisotopic (exact) mass is 299 g/mol. The van der Waals surface area contributed by atoms with Crippen LogP contribution in [0.2, 0.25) is 0 Å². The molecule has 0 aliphatic carbocycles. The van der Waals surface area contributed by atoms with Crippen LogP contribution in [0.15, 0.2) is 0 Å². The first kappa shape index (κ1) is 17.9. The number of likely N-dealkylation sites (tertiary alicyclic amines) is 1. The second-order valence-corrected chi connectivity index (χ2v) is 7.05. The van der Waals surface area contributed by atoms with Gasteiger partial charge in [0.25, 0.3) is 0 Å². The van der Waals surface area contributed by atoms with Gasteiger partial charge in [-0.2, -0.15) is 0 Å². The number of nitrogens with two attached hydrogens (primary N) is 1. The van der Waals surface area contributed by atoms with E-state index in [0.29, 0.717) is 12.5 Å². The zero-order valence-corrected chi connectivity index (χ0v) is 13.4. The van der Waals surface area contributed by atoms with Crippen LogP contribution in [-0.4, -0.2) is 54.1 Å². The zero-order chi connectivity index (χ0) is 16.0. The molecule has 1 saturated heterocycles. The number of nitrogens with one attached hydrogen (secondary N) is 1. The molecule has 0 radical (unpaired) electrons. The molecule has 1 fully saturated rings. The van der Waals surface area contributed by atoms with E-state index in [2.05, 4.69) is 5.32 Å². The number of primary amides is 1. The van der Waals surface area contributed by atoms with E-state index in [-0.39, 0.29) is 31.0 Å². The Kier molecular flexibility index (Phi) is 6.61. The van der Waals surface area contributed by atoms with Gasteiger partial charge in [-0.1, -0.05) is 20.8 Å². The van der Waals surface area contributed by atoms with E-state index in [0.717, 1.165) is 25.8 Å². The molecule has 21 heavy (non-hydrogen) atoms. The molecule has 6 nitrogen and oxygen atoms in total. The third-order valence-corrected chi connectivity index (χ3v) is 3.78. The van der Waals surface area contributed by atoms with Crippen molar-refractivity contribution in [2.75, 3.05) is 26.2 Å². The fourth-order valence-electron chi connectivity index (χ4n) is 2.75. The van der Waals surface area contributed by atoms with E-state index >= 15 is 0 Å². The lowest BCUT2D eigenvalue weighted by molar-refractivity contribution is -0.129. The molecule has 1 heterocycles. The van der Waals surface area contributed by atoms with Crippen molar-refractivity contribution in [2.24, 2.45) is 17.1 Å². The Morgan fingerprint density at radius 3 is 2.52 bits per heavy atom. The molecular weight excluding hydrogens is 270 g/mol. The second kappa shape index (κ2) is 7.75. The Hall–Kier alpha value is -1.14. The topological polar surface area (TPSA) is 95.7 Å². The van der Waals surface area contributed by atoms with Crippen molar-refractivity contribution in [3.05, 3.63) is 0 Å². The second-order valence-electron chi connectivity index (χ2n) is 7.05. The SMILES string of the molecule is CC(C)(C)C(=O)NC1CC(CCCO)CN(CC(N)=O)C1. The van der Waals surface area contributed by atoms with Gasteiger partial charge < -0.3 is 16.2 Å². The zero-order valence-electron chi connectivity index (χ0n) is 13.4. The highest BCUT2D eigenvalue weighted by atomic mass is 16.3. The summed E-state index contributed by atoms with van der Waals surface area (Å²) in [4.78, 5) is 25.3. The van der Waals surface area contributed by atoms with Gasteiger partial charge in [-0.25, -0.2) is 0 Å². The lowest BCUT2D eigenvalue weighted by Gasteiger charge is -2.38. The molecule has 6 heteroatoms. The Labute approximate surface area is 127 Å². The van der Waals surface area contributed by atoms with Gasteiger partial charge in [0.15, 0.2) is 0 Å². The molecule has 2 amide bonds. The molecule has 0 aromatic heterocycles. The summed E-state index contributed by atoms with van der Waals surface area (Å²) in [6.45, 7) is 7.49. The van der Waals surface area contributed by atoms with Crippen molar-refractivity contribution in [3.8, 4) is 0 Å². The molecule has 1 rings (SSSR count). The number of carbonyl (C=O) groups is 2. The summed E-state index contributed by atoms with van der Waals surface area (Å²) in [6, 6.07) is 0.0357. The van der Waals surface area contributed by atoms with Crippen LogP contribution in [0.1, 0.15) is 40.0 Å². The van der Waals surface area contributed by atoms with Crippen LogP contribution < -0.4 is 11.1 Å². The van der Waals surface area contributed by atoms with Gasteiger partial charge >= 0.3 is 0 Å². The van der Waals surface area contributed by atoms with Crippen LogP contribution in [-0.2, 0) is 9.59 Å². The average Bonchev–Trinajstić information content (AvgIpc) is 2.34. The lowest BCUT2D eigenvalue weighted by atomic mass is 9.89. The van der Waals surface area contributed by atoms with Gasteiger partial charge in [-0.05, 0) is 25.2 Å². The van der Waals surface area contributed by atoms with E-state index in [1.54, 1.807) is 0 Å². The predicted octanol–water partition coefficient (Wildman–Crippen LogP) is 0.0970. The highest BCUT2D eigenvalue weighted by molar-refractivity contribution is 5.81. The number of aliphatic hydroxyl groups is 1. The number of aliphatic hydroxyl groups excluding tert-OH is 1. The highest BCUT2D eigenvalue weighted by Crippen LogP contribution is 2.22. The van der Waals surface area contributed by atoms with Gasteiger partial charge in [0.2, 0.25) is 11.8 Å². The molecule has 1 aliphatic rings. The lowest BCUT2D eigenvalue weighted by Crippen LogP contribution is -2.54. The standard InChI is InChI=1S/C15H29N3O3/c1-15(2,3)14(21)17-12-7-11(5-4-6-19)8-18(9-12)10-13(16)20/h11-12,19H,4-10H2,1-3H3,(H2,16,20)(H,17,21). The van der Waals surface area contributed by atoms with Gasteiger partial charge in [0, 0.05) is 31.2 Å². The summed E-state index contributed by atoms with van der Waals surface area (Å²) in [5.74, 6) is 0.0450. The van der Waals surface area contributed by atoms with E-state index in [1.165, 1.54) is 0 Å². The minimum Gasteiger partial charge on any atom is -0.396 e. The van der Waals surface area contributed by atoms with Crippen LogP contribution in [0.25, 0.3) is 0 Å². The van der Waals surface area contributed by atoms with Gasteiger partial charge in [0.05, 0.1) is 6.54 Å². The molecule has 122 valence electrons. The van der Waals surface area contributed by atoms with E-state index in [4.69, 9.17) is 10.8 Å². The summed E-state index contributed by atoms with van der Waals surface area (Å²) in [6.07, 6.45) is 2.53. The van der Waals surface area contributed by atoms with Crippen molar-refractivity contribution in [1.29, 1.82) is 0 Å². The minimum absolute atomic E-state index is 0.0225. The maximum Gasteiger partial charge on any atom is 0.231 e. The van der Waals surface area contributed by atoms with Crippen LogP contribution in [0.3, 0.4) is 0 Å². The van der Waals surface area contributed by atoms with Crippen LogP contribution >= 0.6 is 0 Å². The number of rotatable bonds is 6. The molecular formula is C15H29N3O3. The summed E-state index contributed by atoms with van der Waals surface area (Å²) in [5.41, 5.74) is 4.85. The number of carbonyl (C=O) groups excluding carboxylic acids is 2. The van der Waals surface area contributed by atoms with Gasteiger partial charge in [-0.3, -0.25) is 14.5 Å². The fraction of sp³-hybridized carbons (Fsp3) is 0.867. The smallest absolute Gasteiger partial charge is 0.231 e. The van der Waals surface area contributed by atoms with Gasteiger partial charge in [-0.15, -0.1) is 0 Å². The van der Waals surface area contributed by atoms with Crippen LogP contribution in [0.4, 0.5) is 0 Å². The fourth-order valence-corrected chi connectivity index (χ4v) is 2.75. The average molecular weight is 299 g/mol. The Bertz CT molecular complexity index is 366. The summed E-state index contributed by atoms with van der Waals surface area (Å²) in [7, 11) is 0. The molecule has 1 aliphatic heterocycles. The first-order valence-corrected chi connectivity index (χ1v) is 7.65. The maximum absolute atomic E-state index is 12.1.